The molecule has 2 aromatic carbocycles. The Morgan fingerprint density at radius 2 is 1.98 bits per heavy atom. The number of aromatic nitrogens is 3. The first kappa shape index (κ1) is 27.2. The summed E-state index contributed by atoms with van der Waals surface area (Å²) in [7, 11) is 3.38. The first-order valence-electron chi connectivity index (χ1n) is 13.3. The molecule has 0 bridgehead atoms. The van der Waals surface area contributed by atoms with E-state index in [0.29, 0.717) is 52.1 Å². The summed E-state index contributed by atoms with van der Waals surface area (Å²) in [5.41, 5.74) is 3.21. The Labute approximate surface area is 245 Å². The van der Waals surface area contributed by atoms with Gasteiger partial charge in [-0.15, -0.1) is 11.3 Å². The molecular formula is C29H29ClN6O4S. The van der Waals surface area contributed by atoms with Crippen LogP contribution in [0.25, 0.3) is 21.5 Å². The lowest BCUT2D eigenvalue weighted by molar-refractivity contribution is 0.0822. The Balaban J connectivity index is 1.42. The van der Waals surface area contributed by atoms with Gasteiger partial charge in [0.15, 0.2) is 0 Å². The van der Waals surface area contributed by atoms with Crippen LogP contribution in [0.15, 0.2) is 46.6 Å². The molecule has 1 N–H and O–H groups in total. The van der Waals surface area contributed by atoms with Gasteiger partial charge < -0.3 is 19.9 Å². The topological polar surface area (TPSA) is 110 Å². The molecule has 2 aliphatic heterocycles. The molecule has 4 heterocycles. The fourth-order valence-electron chi connectivity index (χ4n) is 5.41. The SMILES string of the molecule is Cc1nc2cc(-c3nc(C(=O)N(C)C)cs3)c(N[C@H]3CCN4C(=O)OC[C@@H]4C3)cc2c(=O)n1Cc1ccc(Cl)cc1. The number of piperidine rings is 1. The van der Waals surface area contributed by atoms with Crippen molar-refractivity contribution < 1.29 is 14.3 Å². The number of carbonyl (C=O) groups excluding carboxylic acids is 2. The first-order valence-corrected chi connectivity index (χ1v) is 14.6. The quantitative estimate of drug-likeness (QED) is 0.348. The van der Waals surface area contributed by atoms with Crippen molar-refractivity contribution in [3.63, 3.8) is 0 Å². The molecule has 2 amide bonds. The molecule has 0 unspecified atom stereocenters. The maximum absolute atomic E-state index is 13.8. The Morgan fingerprint density at radius 1 is 1.20 bits per heavy atom. The van der Waals surface area contributed by atoms with Crippen LogP contribution in [0.5, 0.6) is 0 Å². The zero-order valence-electron chi connectivity index (χ0n) is 22.9. The Morgan fingerprint density at radius 3 is 2.73 bits per heavy atom. The molecule has 4 aromatic rings. The van der Waals surface area contributed by atoms with E-state index in [9.17, 15) is 14.4 Å². The molecule has 10 nitrogen and oxygen atoms in total. The third-order valence-corrected chi connectivity index (χ3v) is 8.73. The number of nitrogens with one attached hydrogen (secondary N) is 1. The number of thiazole rings is 1. The molecule has 0 saturated carbocycles. The second-order valence-electron chi connectivity index (χ2n) is 10.6. The molecule has 6 rings (SSSR count). The summed E-state index contributed by atoms with van der Waals surface area (Å²) in [5.74, 6) is 0.408. The van der Waals surface area contributed by atoms with E-state index in [4.69, 9.17) is 21.3 Å². The molecule has 2 aliphatic rings. The van der Waals surface area contributed by atoms with Gasteiger partial charge in [0.25, 0.3) is 11.5 Å². The Kier molecular flexibility index (Phi) is 7.16. The van der Waals surface area contributed by atoms with Gasteiger partial charge in [0.2, 0.25) is 0 Å². The molecule has 2 saturated heterocycles. The van der Waals surface area contributed by atoms with E-state index < -0.39 is 0 Å². The van der Waals surface area contributed by atoms with Crippen LogP contribution in [0.4, 0.5) is 10.5 Å². The highest BCUT2D eigenvalue weighted by molar-refractivity contribution is 7.13. The van der Waals surface area contributed by atoms with Gasteiger partial charge in [0.05, 0.1) is 23.5 Å². The van der Waals surface area contributed by atoms with E-state index in [1.165, 1.54) is 16.2 Å². The molecule has 12 heteroatoms. The highest BCUT2D eigenvalue weighted by atomic mass is 35.5. The van der Waals surface area contributed by atoms with Crippen molar-refractivity contribution in [2.75, 3.05) is 32.6 Å². The molecule has 0 radical (unpaired) electrons. The van der Waals surface area contributed by atoms with Gasteiger partial charge in [-0.05, 0) is 49.6 Å². The smallest absolute Gasteiger partial charge is 0.410 e. The van der Waals surface area contributed by atoms with Crippen molar-refractivity contribution in [3.8, 4) is 10.6 Å². The van der Waals surface area contributed by atoms with Crippen LogP contribution >= 0.6 is 22.9 Å². The minimum Gasteiger partial charge on any atom is -0.447 e. The zero-order valence-corrected chi connectivity index (χ0v) is 24.5. The lowest BCUT2D eigenvalue weighted by atomic mass is 9.97. The summed E-state index contributed by atoms with van der Waals surface area (Å²) in [4.78, 5) is 51.1. The van der Waals surface area contributed by atoms with Gasteiger partial charge >= 0.3 is 6.09 Å². The third-order valence-electron chi connectivity index (χ3n) is 7.61. The fraction of sp³-hybridized carbons (Fsp3) is 0.345. The average molecular weight is 593 g/mol. The number of rotatable bonds is 6. The lowest BCUT2D eigenvalue weighted by Crippen LogP contribution is -2.45. The molecule has 2 aromatic heterocycles. The maximum atomic E-state index is 13.8. The second-order valence-corrected chi connectivity index (χ2v) is 11.9. The van der Waals surface area contributed by atoms with Crippen LogP contribution in [0.2, 0.25) is 5.02 Å². The zero-order chi connectivity index (χ0) is 28.8. The summed E-state index contributed by atoms with van der Waals surface area (Å²) < 4.78 is 6.90. The van der Waals surface area contributed by atoms with E-state index in [1.807, 2.05) is 31.2 Å². The number of amides is 2. The number of carbonyl (C=O) groups is 2. The average Bonchev–Trinajstić information content (AvgIpc) is 3.59. The molecule has 212 valence electrons. The number of hydrogen-bond donors (Lipinski definition) is 1. The Hall–Kier alpha value is -3.96. The van der Waals surface area contributed by atoms with Crippen LogP contribution < -0.4 is 10.9 Å². The van der Waals surface area contributed by atoms with Crippen LogP contribution in [-0.2, 0) is 11.3 Å². The van der Waals surface area contributed by atoms with Gasteiger partial charge in [-0.1, -0.05) is 23.7 Å². The summed E-state index contributed by atoms with van der Waals surface area (Å²) in [6, 6.07) is 11.2. The highest BCUT2D eigenvalue weighted by Crippen LogP contribution is 2.36. The van der Waals surface area contributed by atoms with Crippen molar-refractivity contribution in [2.45, 2.75) is 38.4 Å². The fourth-order valence-corrected chi connectivity index (χ4v) is 6.36. The predicted molar refractivity (Wildman–Crippen MR) is 159 cm³/mol. The summed E-state index contributed by atoms with van der Waals surface area (Å²) in [6.45, 7) is 3.16. The second kappa shape index (κ2) is 10.8. The molecule has 2 atom stereocenters. The van der Waals surface area contributed by atoms with E-state index >= 15 is 0 Å². The van der Waals surface area contributed by atoms with E-state index in [-0.39, 0.29) is 29.6 Å². The predicted octanol–water partition coefficient (Wildman–Crippen LogP) is 4.63. The monoisotopic (exact) mass is 592 g/mol. The normalized spacial score (nSPS) is 18.3. The van der Waals surface area contributed by atoms with Crippen molar-refractivity contribution in [1.82, 2.24) is 24.3 Å². The highest BCUT2D eigenvalue weighted by Gasteiger charge is 2.38. The number of ether oxygens (including phenoxy) is 1. The van der Waals surface area contributed by atoms with Gasteiger partial charge in [-0.25, -0.2) is 14.8 Å². The summed E-state index contributed by atoms with van der Waals surface area (Å²) in [6.07, 6.45) is 1.19. The molecule has 2 fully saturated rings. The number of nitrogens with zero attached hydrogens (tertiary/aromatic N) is 5. The number of halogens is 1. The van der Waals surface area contributed by atoms with Crippen LogP contribution in [0.1, 0.15) is 34.7 Å². The summed E-state index contributed by atoms with van der Waals surface area (Å²) >= 11 is 7.42. The first-order chi connectivity index (χ1) is 19.7. The number of aryl methyl sites for hydroxylation is 1. The van der Waals surface area contributed by atoms with Crippen molar-refractivity contribution in [1.29, 1.82) is 0 Å². The third kappa shape index (κ3) is 5.27. The van der Waals surface area contributed by atoms with Crippen LogP contribution in [0.3, 0.4) is 0 Å². The number of anilines is 1. The van der Waals surface area contributed by atoms with E-state index in [1.54, 1.807) is 41.1 Å². The van der Waals surface area contributed by atoms with Gasteiger partial charge in [0, 0.05) is 48.3 Å². The summed E-state index contributed by atoms with van der Waals surface area (Å²) in [5, 5.41) is 7.15. The molecule has 0 aliphatic carbocycles. The van der Waals surface area contributed by atoms with Crippen molar-refractivity contribution in [3.05, 3.63) is 74.2 Å². The van der Waals surface area contributed by atoms with Crippen LogP contribution in [-0.4, -0.2) is 75.7 Å². The Bertz CT molecular complexity index is 1720. The standard InChI is InChI=1S/C29H29ClN6O4S/c1-16-31-24-11-21(26-33-25(15-41-26)28(38)34(2)3)23(32-19-8-9-35-20(10-19)14-40-29(35)39)12-22(24)27(37)36(16)13-17-4-6-18(30)7-5-17/h4-7,11-12,15,19-20,32H,8-10,13-14H2,1-3H3/t19-,20-/m0/s1. The maximum Gasteiger partial charge on any atom is 0.410 e. The molecule has 41 heavy (non-hydrogen) atoms. The van der Waals surface area contributed by atoms with Gasteiger partial charge in [-0.2, -0.15) is 0 Å². The largest absolute Gasteiger partial charge is 0.447 e. The van der Waals surface area contributed by atoms with Crippen molar-refractivity contribution in [2.24, 2.45) is 0 Å². The van der Waals surface area contributed by atoms with E-state index in [0.717, 1.165) is 29.7 Å². The van der Waals surface area contributed by atoms with Crippen LogP contribution in [0, 0.1) is 6.92 Å². The minimum atomic E-state index is -0.261. The van der Waals surface area contributed by atoms with Crippen molar-refractivity contribution >= 4 is 51.5 Å². The minimum absolute atomic E-state index is 0.0164. The van der Waals surface area contributed by atoms with E-state index in [2.05, 4.69) is 10.3 Å². The number of benzene rings is 2. The number of fused-ring (bicyclic) bond motifs is 2. The lowest BCUT2D eigenvalue weighted by Gasteiger charge is -2.33. The number of hydrogen-bond acceptors (Lipinski definition) is 8. The van der Waals surface area contributed by atoms with Gasteiger partial charge in [-0.3, -0.25) is 14.2 Å². The molecular weight excluding hydrogens is 564 g/mol. The van der Waals surface area contributed by atoms with Gasteiger partial charge in [0.1, 0.15) is 23.1 Å². The number of cyclic esters (lactones) is 1. The molecule has 0 spiro atoms.